The van der Waals surface area contributed by atoms with Gasteiger partial charge in [-0.1, -0.05) is 0 Å². The average Bonchev–Trinajstić information content (AvgIpc) is 2.43. The standard InChI is InChI=1S/C13H14O6/c1-8(14)7-19-9-4-5-10(12(15)17-2)11(6-9)13(16)18-3/h4-6H,7H2,1-3H3. The van der Waals surface area contributed by atoms with Crippen LogP contribution in [0.5, 0.6) is 5.75 Å². The molecule has 0 N–H and O–H groups in total. The molecule has 0 saturated heterocycles. The van der Waals surface area contributed by atoms with Gasteiger partial charge in [0.2, 0.25) is 0 Å². The number of ketones is 1. The second-order valence-corrected chi connectivity index (χ2v) is 3.68. The molecule has 19 heavy (non-hydrogen) atoms. The SMILES string of the molecule is COC(=O)c1ccc(OCC(C)=O)cc1C(=O)OC. The van der Waals surface area contributed by atoms with Gasteiger partial charge in [-0.2, -0.15) is 0 Å². The van der Waals surface area contributed by atoms with Crippen molar-refractivity contribution in [3.8, 4) is 5.75 Å². The van der Waals surface area contributed by atoms with Gasteiger partial charge in [0.05, 0.1) is 25.3 Å². The van der Waals surface area contributed by atoms with Crippen molar-refractivity contribution in [3.63, 3.8) is 0 Å². The Balaban J connectivity index is 3.11. The molecule has 0 aromatic heterocycles. The lowest BCUT2D eigenvalue weighted by molar-refractivity contribution is -0.118. The molecule has 0 aliphatic heterocycles. The molecule has 0 unspecified atom stereocenters. The number of carbonyl (C=O) groups is 3. The lowest BCUT2D eigenvalue weighted by Crippen LogP contribution is -2.13. The van der Waals surface area contributed by atoms with Crippen LogP contribution < -0.4 is 4.74 Å². The van der Waals surface area contributed by atoms with E-state index in [-0.39, 0.29) is 23.5 Å². The summed E-state index contributed by atoms with van der Waals surface area (Å²) in [6.45, 7) is 1.27. The van der Waals surface area contributed by atoms with E-state index in [9.17, 15) is 14.4 Å². The molecule has 0 aliphatic carbocycles. The largest absolute Gasteiger partial charge is 0.486 e. The Kier molecular flexibility index (Phi) is 5.05. The molecule has 102 valence electrons. The molecule has 1 aromatic carbocycles. The number of hydrogen-bond acceptors (Lipinski definition) is 6. The number of Topliss-reactive ketones (excluding diaryl/α,β-unsaturated/α-hetero) is 1. The zero-order valence-electron chi connectivity index (χ0n) is 10.9. The highest BCUT2D eigenvalue weighted by molar-refractivity contribution is 6.03. The van der Waals surface area contributed by atoms with Crippen LogP contribution in [0.1, 0.15) is 27.6 Å². The summed E-state index contributed by atoms with van der Waals surface area (Å²) in [5.41, 5.74) is 0.0972. The summed E-state index contributed by atoms with van der Waals surface area (Å²) in [7, 11) is 2.41. The van der Waals surface area contributed by atoms with Gasteiger partial charge in [-0.05, 0) is 25.1 Å². The Morgan fingerprint density at radius 2 is 1.58 bits per heavy atom. The maximum Gasteiger partial charge on any atom is 0.338 e. The minimum atomic E-state index is -0.686. The highest BCUT2D eigenvalue weighted by Crippen LogP contribution is 2.19. The van der Waals surface area contributed by atoms with Crippen LogP contribution in [0.4, 0.5) is 0 Å². The van der Waals surface area contributed by atoms with Gasteiger partial charge in [0.25, 0.3) is 0 Å². The van der Waals surface area contributed by atoms with E-state index >= 15 is 0 Å². The molecule has 0 bridgehead atoms. The van der Waals surface area contributed by atoms with Gasteiger partial charge in [0, 0.05) is 0 Å². The van der Waals surface area contributed by atoms with Crippen molar-refractivity contribution in [2.45, 2.75) is 6.92 Å². The zero-order valence-corrected chi connectivity index (χ0v) is 10.9. The second-order valence-electron chi connectivity index (χ2n) is 3.68. The van der Waals surface area contributed by atoms with Crippen molar-refractivity contribution in [2.24, 2.45) is 0 Å². The number of rotatable bonds is 5. The monoisotopic (exact) mass is 266 g/mol. The molecular formula is C13H14O6. The Labute approximate surface area is 110 Å². The van der Waals surface area contributed by atoms with E-state index in [4.69, 9.17) is 4.74 Å². The van der Waals surface area contributed by atoms with Crippen molar-refractivity contribution in [1.82, 2.24) is 0 Å². The van der Waals surface area contributed by atoms with Gasteiger partial charge in [0.1, 0.15) is 12.4 Å². The molecule has 6 heteroatoms. The van der Waals surface area contributed by atoms with Gasteiger partial charge in [-0.25, -0.2) is 9.59 Å². The molecule has 0 aliphatic rings. The summed E-state index contributed by atoms with van der Waals surface area (Å²) < 4.78 is 14.3. The lowest BCUT2D eigenvalue weighted by atomic mass is 10.1. The quantitative estimate of drug-likeness (QED) is 0.746. The Bertz CT molecular complexity index is 506. The minimum Gasteiger partial charge on any atom is -0.486 e. The van der Waals surface area contributed by atoms with Crippen LogP contribution in [-0.4, -0.2) is 38.5 Å². The van der Waals surface area contributed by atoms with E-state index in [0.717, 1.165) is 0 Å². The first-order valence-electron chi connectivity index (χ1n) is 5.42. The smallest absolute Gasteiger partial charge is 0.338 e. The van der Waals surface area contributed by atoms with E-state index in [1.165, 1.54) is 39.3 Å². The van der Waals surface area contributed by atoms with Crippen LogP contribution in [0, 0.1) is 0 Å². The first-order valence-corrected chi connectivity index (χ1v) is 5.42. The minimum absolute atomic E-state index is 0.0235. The van der Waals surface area contributed by atoms with E-state index in [1.807, 2.05) is 0 Å². The van der Waals surface area contributed by atoms with Gasteiger partial charge >= 0.3 is 11.9 Å². The molecule has 0 atom stereocenters. The Hall–Kier alpha value is -2.37. The van der Waals surface area contributed by atoms with Crippen molar-refractivity contribution in [2.75, 3.05) is 20.8 Å². The number of benzene rings is 1. The molecular weight excluding hydrogens is 252 g/mol. The number of esters is 2. The van der Waals surface area contributed by atoms with Crippen molar-refractivity contribution in [3.05, 3.63) is 29.3 Å². The molecule has 0 radical (unpaired) electrons. The number of hydrogen-bond donors (Lipinski definition) is 0. The van der Waals surface area contributed by atoms with Crippen LogP contribution in [0.3, 0.4) is 0 Å². The first kappa shape index (κ1) is 14.7. The third-order valence-corrected chi connectivity index (χ3v) is 2.24. The second kappa shape index (κ2) is 6.53. The molecule has 6 nitrogen and oxygen atoms in total. The number of carbonyl (C=O) groups excluding carboxylic acids is 3. The van der Waals surface area contributed by atoms with Crippen LogP contribution in [-0.2, 0) is 14.3 Å². The first-order chi connectivity index (χ1) is 8.99. The number of methoxy groups -OCH3 is 2. The summed E-state index contributed by atoms with van der Waals surface area (Å²) in [5, 5.41) is 0. The maximum absolute atomic E-state index is 11.6. The predicted octanol–water partition coefficient (Wildman–Crippen LogP) is 1.23. The summed E-state index contributed by atoms with van der Waals surface area (Å²) >= 11 is 0. The van der Waals surface area contributed by atoms with Crippen molar-refractivity contribution >= 4 is 17.7 Å². The molecule has 0 heterocycles. The van der Waals surface area contributed by atoms with Gasteiger partial charge in [-0.15, -0.1) is 0 Å². The Morgan fingerprint density at radius 1 is 1.00 bits per heavy atom. The molecule has 0 saturated carbocycles. The topological polar surface area (TPSA) is 78.9 Å². The highest BCUT2D eigenvalue weighted by Gasteiger charge is 2.19. The Morgan fingerprint density at radius 3 is 2.11 bits per heavy atom. The fourth-order valence-corrected chi connectivity index (χ4v) is 1.36. The van der Waals surface area contributed by atoms with Crippen LogP contribution in [0.15, 0.2) is 18.2 Å². The normalized spacial score (nSPS) is 9.63. The van der Waals surface area contributed by atoms with Gasteiger partial charge in [-0.3, -0.25) is 4.79 Å². The van der Waals surface area contributed by atoms with Gasteiger partial charge < -0.3 is 14.2 Å². The average molecular weight is 266 g/mol. The summed E-state index contributed by atoms with van der Waals surface area (Å²) in [6, 6.07) is 4.19. The van der Waals surface area contributed by atoms with E-state index in [2.05, 4.69) is 9.47 Å². The van der Waals surface area contributed by atoms with Crippen molar-refractivity contribution < 1.29 is 28.6 Å². The molecule has 0 spiro atoms. The summed E-state index contributed by atoms with van der Waals surface area (Å²) in [4.78, 5) is 33.9. The third kappa shape index (κ3) is 3.80. The lowest BCUT2D eigenvalue weighted by Gasteiger charge is -2.09. The van der Waals surface area contributed by atoms with Crippen LogP contribution in [0.2, 0.25) is 0 Å². The highest BCUT2D eigenvalue weighted by atomic mass is 16.5. The van der Waals surface area contributed by atoms with E-state index in [0.29, 0.717) is 5.75 Å². The van der Waals surface area contributed by atoms with Gasteiger partial charge in [0.15, 0.2) is 5.78 Å². The van der Waals surface area contributed by atoms with E-state index in [1.54, 1.807) is 0 Å². The summed E-state index contributed by atoms with van der Waals surface area (Å²) in [6.07, 6.45) is 0. The number of ether oxygens (including phenoxy) is 3. The third-order valence-electron chi connectivity index (χ3n) is 2.24. The molecule has 1 aromatic rings. The zero-order chi connectivity index (χ0) is 14.4. The fraction of sp³-hybridized carbons (Fsp3) is 0.308. The maximum atomic E-state index is 11.6. The van der Waals surface area contributed by atoms with Crippen LogP contribution in [0.25, 0.3) is 0 Å². The van der Waals surface area contributed by atoms with E-state index < -0.39 is 11.9 Å². The van der Waals surface area contributed by atoms with Crippen molar-refractivity contribution in [1.29, 1.82) is 0 Å². The molecule has 0 amide bonds. The molecule has 1 rings (SSSR count). The summed E-state index contributed by atoms with van der Waals surface area (Å²) in [5.74, 6) is -1.20. The van der Waals surface area contributed by atoms with Crippen LogP contribution >= 0.6 is 0 Å². The fourth-order valence-electron chi connectivity index (χ4n) is 1.36. The molecule has 0 fully saturated rings. The predicted molar refractivity (Wildman–Crippen MR) is 65.3 cm³/mol.